The molecule has 1 atom stereocenters. The highest BCUT2D eigenvalue weighted by atomic mass is 16.5. The first kappa shape index (κ1) is 14.9. The van der Waals surface area contributed by atoms with Crippen LogP contribution >= 0.6 is 0 Å². The number of hydrogen-bond acceptors (Lipinski definition) is 3. The van der Waals surface area contributed by atoms with Gasteiger partial charge in [-0.1, -0.05) is 6.42 Å². The zero-order chi connectivity index (χ0) is 12.5. The van der Waals surface area contributed by atoms with E-state index in [1.54, 1.807) is 0 Å². The van der Waals surface area contributed by atoms with Crippen molar-refractivity contribution in [3.05, 3.63) is 0 Å². The van der Waals surface area contributed by atoms with Crippen molar-refractivity contribution in [1.29, 1.82) is 0 Å². The molecule has 3 nitrogen and oxygen atoms in total. The van der Waals surface area contributed by atoms with Crippen LogP contribution in [0.2, 0.25) is 0 Å². The molecule has 1 saturated heterocycles. The molecule has 102 valence electrons. The lowest BCUT2D eigenvalue weighted by Gasteiger charge is -2.24. The third-order valence-electron chi connectivity index (χ3n) is 3.43. The van der Waals surface area contributed by atoms with E-state index < -0.39 is 0 Å². The summed E-state index contributed by atoms with van der Waals surface area (Å²) in [6, 6.07) is 0.782. The summed E-state index contributed by atoms with van der Waals surface area (Å²) in [7, 11) is 2.19. The molecule has 0 aliphatic carbocycles. The smallest absolute Gasteiger partial charge is 0.0596 e. The molecule has 0 aromatic carbocycles. The quantitative estimate of drug-likeness (QED) is 0.706. The highest BCUT2D eigenvalue weighted by Gasteiger charge is 2.11. The maximum atomic E-state index is 5.55. The van der Waals surface area contributed by atoms with E-state index in [1.165, 1.54) is 45.2 Å². The summed E-state index contributed by atoms with van der Waals surface area (Å²) < 4.78 is 5.55. The van der Waals surface area contributed by atoms with Gasteiger partial charge < -0.3 is 15.0 Å². The standard InChI is InChI=1S/C14H30N2O/c1-13(2)17-12-11-16(3)10-6-8-14-7-4-5-9-15-14/h13-15H,4-12H2,1-3H3. The number of nitrogens with zero attached hydrogens (tertiary/aromatic N) is 1. The minimum atomic E-state index is 0.356. The van der Waals surface area contributed by atoms with Crippen molar-refractivity contribution in [1.82, 2.24) is 10.2 Å². The first-order chi connectivity index (χ1) is 8.18. The second-order valence-electron chi connectivity index (χ2n) is 5.51. The van der Waals surface area contributed by atoms with E-state index in [-0.39, 0.29) is 0 Å². The zero-order valence-corrected chi connectivity index (χ0v) is 11.9. The second kappa shape index (κ2) is 8.90. The molecule has 1 aliphatic rings. The molecule has 1 heterocycles. The van der Waals surface area contributed by atoms with Crippen LogP contribution in [0.5, 0.6) is 0 Å². The van der Waals surface area contributed by atoms with Gasteiger partial charge in [0.1, 0.15) is 0 Å². The fourth-order valence-electron chi connectivity index (χ4n) is 2.33. The van der Waals surface area contributed by atoms with E-state index in [2.05, 4.69) is 31.1 Å². The molecule has 1 aliphatic heterocycles. The Morgan fingerprint density at radius 3 is 2.76 bits per heavy atom. The summed E-state index contributed by atoms with van der Waals surface area (Å²) in [5.74, 6) is 0. The number of rotatable bonds is 8. The van der Waals surface area contributed by atoms with E-state index in [0.717, 1.165) is 19.2 Å². The Bertz CT molecular complexity index is 179. The molecule has 1 N–H and O–H groups in total. The van der Waals surface area contributed by atoms with Gasteiger partial charge in [-0.25, -0.2) is 0 Å². The molecule has 0 saturated carbocycles. The van der Waals surface area contributed by atoms with Gasteiger partial charge in [0, 0.05) is 12.6 Å². The number of hydrogen-bond donors (Lipinski definition) is 1. The summed E-state index contributed by atoms with van der Waals surface area (Å²) in [4.78, 5) is 2.38. The molecule has 1 fully saturated rings. The summed E-state index contributed by atoms with van der Waals surface area (Å²) >= 11 is 0. The molecule has 1 rings (SSSR count). The van der Waals surface area contributed by atoms with Crippen LogP contribution in [0.4, 0.5) is 0 Å². The van der Waals surface area contributed by atoms with Crippen LogP contribution in [-0.2, 0) is 4.74 Å². The van der Waals surface area contributed by atoms with Crippen LogP contribution in [-0.4, -0.2) is 50.3 Å². The van der Waals surface area contributed by atoms with Crippen molar-refractivity contribution in [2.45, 2.75) is 58.1 Å². The minimum Gasteiger partial charge on any atom is -0.377 e. The van der Waals surface area contributed by atoms with Crippen molar-refractivity contribution in [2.75, 3.05) is 33.3 Å². The van der Waals surface area contributed by atoms with Gasteiger partial charge in [-0.2, -0.15) is 0 Å². The molecule has 0 aromatic heterocycles. The van der Waals surface area contributed by atoms with Crippen molar-refractivity contribution in [3.8, 4) is 0 Å². The average molecular weight is 242 g/mol. The number of ether oxygens (including phenoxy) is 1. The summed E-state index contributed by atoms with van der Waals surface area (Å²) in [5.41, 5.74) is 0. The summed E-state index contributed by atoms with van der Waals surface area (Å²) in [6.45, 7) is 8.51. The van der Waals surface area contributed by atoms with Gasteiger partial charge in [0.05, 0.1) is 12.7 Å². The summed E-state index contributed by atoms with van der Waals surface area (Å²) in [5, 5.41) is 3.61. The number of likely N-dealkylation sites (N-methyl/N-ethyl adjacent to an activating group) is 1. The SMILES string of the molecule is CC(C)OCCN(C)CCCC1CCCCN1. The molecule has 17 heavy (non-hydrogen) atoms. The third kappa shape index (κ3) is 7.74. The largest absolute Gasteiger partial charge is 0.377 e. The number of nitrogens with one attached hydrogen (secondary N) is 1. The van der Waals surface area contributed by atoms with Gasteiger partial charge in [0.25, 0.3) is 0 Å². The maximum absolute atomic E-state index is 5.55. The average Bonchev–Trinajstić information content (AvgIpc) is 2.30. The molecular formula is C14H30N2O. The van der Waals surface area contributed by atoms with E-state index in [9.17, 15) is 0 Å². The van der Waals surface area contributed by atoms with Gasteiger partial charge >= 0.3 is 0 Å². The van der Waals surface area contributed by atoms with Gasteiger partial charge in [-0.3, -0.25) is 0 Å². The molecule has 0 bridgehead atoms. The van der Waals surface area contributed by atoms with Crippen LogP contribution < -0.4 is 5.32 Å². The van der Waals surface area contributed by atoms with Crippen LogP contribution in [0.1, 0.15) is 46.0 Å². The first-order valence-corrected chi connectivity index (χ1v) is 7.22. The van der Waals surface area contributed by atoms with Crippen molar-refractivity contribution < 1.29 is 4.74 Å². The van der Waals surface area contributed by atoms with E-state index in [4.69, 9.17) is 4.74 Å². The van der Waals surface area contributed by atoms with Crippen LogP contribution in [0.15, 0.2) is 0 Å². The second-order valence-corrected chi connectivity index (χ2v) is 5.51. The lowest BCUT2D eigenvalue weighted by Crippen LogP contribution is -2.34. The molecule has 0 amide bonds. The highest BCUT2D eigenvalue weighted by molar-refractivity contribution is 4.72. The normalized spacial score (nSPS) is 21.4. The van der Waals surface area contributed by atoms with Crippen LogP contribution in [0, 0.1) is 0 Å². The Morgan fingerprint density at radius 1 is 1.29 bits per heavy atom. The first-order valence-electron chi connectivity index (χ1n) is 7.22. The van der Waals surface area contributed by atoms with E-state index in [0.29, 0.717) is 6.10 Å². The van der Waals surface area contributed by atoms with Crippen molar-refractivity contribution in [3.63, 3.8) is 0 Å². The van der Waals surface area contributed by atoms with Crippen molar-refractivity contribution >= 4 is 0 Å². The Labute approximate surface area is 107 Å². The summed E-state index contributed by atoms with van der Waals surface area (Å²) in [6.07, 6.45) is 7.14. The molecule has 1 unspecified atom stereocenters. The topological polar surface area (TPSA) is 24.5 Å². The fraction of sp³-hybridized carbons (Fsp3) is 1.00. The molecule has 0 radical (unpaired) electrons. The van der Waals surface area contributed by atoms with Crippen molar-refractivity contribution in [2.24, 2.45) is 0 Å². The van der Waals surface area contributed by atoms with Gasteiger partial charge in [-0.05, 0) is 59.7 Å². The Balaban J connectivity index is 1.93. The molecule has 0 spiro atoms. The van der Waals surface area contributed by atoms with Gasteiger partial charge in [0.15, 0.2) is 0 Å². The van der Waals surface area contributed by atoms with Gasteiger partial charge in [-0.15, -0.1) is 0 Å². The lowest BCUT2D eigenvalue weighted by atomic mass is 10.0. The monoisotopic (exact) mass is 242 g/mol. The zero-order valence-electron chi connectivity index (χ0n) is 11.9. The van der Waals surface area contributed by atoms with Crippen LogP contribution in [0.25, 0.3) is 0 Å². The minimum absolute atomic E-state index is 0.356. The molecular weight excluding hydrogens is 212 g/mol. The molecule has 0 aromatic rings. The Hall–Kier alpha value is -0.120. The van der Waals surface area contributed by atoms with Crippen LogP contribution in [0.3, 0.4) is 0 Å². The Kier molecular flexibility index (Phi) is 7.82. The maximum Gasteiger partial charge on any atom is 0.0596 e. The predicted molar refractivity (Wildman–Crippen MR) is 73.5 cm³/mol. The third-order valence-corrected chi connectivity index (χ3v) is 3.43. The highest BCUT2D eigenvalue weighted by Crippen LogP contribution is 2.11. The van der Waals surface area contributed by atoms with E-state index >= 15 is 0 Å². The number of piperidine rings is 1. The Morgan fingerprint density at radius 2 is 2.12 bits per heavy atom. The molecule has 3 heteroatoms. The predicted octanol–water partition coefficient (Wildman–Crippen LogP) is 2.27. The van der Waals surface area contributed by atoms with E-state index in [1.807, 2.05) is 0 Å². The van der Waals surface area contributed by atoms with Gasteiger partial charge in [0.2, 0.25) is 0 Å². The lowest BCUT2D eigenvalue weighted by molar-refractivity contribution is 0.0635. The fourth-order valence-corrected chi connectivity index (χ4v) is 2.33.